The molecule has 0 aromatic heterocycles. The van der Waals surface area contributed by atoms with E-state index in [1.165, 1.54) is 78.3 Å². The molecule has 0 N–H and O–H groups in total. The van der Waals surface area contributed by atoms with E-state index in [1.54, 1.807) is 0 Å². The van der Waals surface area contributed by atoms with Gasteiger partial charge in [0, 0.05) is 23.5 Å². The Morgan fingerprint density at radius 3 is 1.88 bits per heavy atom. The summed E-state index contributed by atoms with van der Waals surface area (Å²) >= 11 is 0. The molecular weight excluding hydrogens is 627 g/mol. The molecule has 52 heavy (non-hydrogen) atoms. The molecule has 0 heterocycles. The van der Waals surface area contributed by atoms with Gasteiger partial charge in [0.05, 0.1) is 5.41 Å². The molecule has 0 fully saturated rings. The number of fused-ring (bicyclic) bond motifs is 3. The Morgan fingerprint density at radius 1 is 0.596 bits per heavy atom. The maximum atomic E-state index is 2.49. The van der Waals surface area contributed by atoms with Crippen molar-refractivity contribution in [2.45, 2.75) is 66.7 Å². The number of hydrogen-bond acceptors (Lipinski definition) is 1. The summed E-state index contributed by atoms with van der Waals surface area (Å²) in [5.74, 6) is 0. The monoisotopic (exact) mass is 677 g/mol. The molecule has 8 rings (SSSR count). The van der Waals surface area contributed by atoms with Crippen LogP contribution in [0.3, 0.4) is 0 Å². The lowest BCUT2D eigenvalue weighted by molar-refractivity contribution is 0.494. The third-order valence-corrected chi connectivity index (χ3v) is 11.0. The third kappa shape index (κ3) is 5.83. The van der Waals surface area contributed by atoms with Crippen LogP contribution in [0.1, 0.15) is 81.3 Å². The minimum atomic E-state index is -0.492. The molecule has 2 aliphatic carbocycles. The van der Waals surface area contributed by atoms with E-state index in [0.717, 1.165) is 12.8 Å². The fourth-order valence-electron chi connectivity index (χ4n) is 8.53. The van der Waals surface area contributed by atoms with E-state index in [1.807, 2.05) is 13.8 Å². The van der Waals surface area contributed by atoms with Crippen LogP contribution < -0.4 is 4.90 Å². The standard InChI is InChI=1S/C49H45N.C2H6/c1-6-41-42(35-18-10-7-11-19-35)30-31-45-47(41)43-24-16-17-25-44(43)49(45,36-20-12-8-13-21-36)46-33-40(28-26-34(46)2)50(38-22-14-9-15-23-38)39-29-27-37(32-39)48(3,4)5;1-2/h7-31,33H,6,32H2,1-5H3;1-2H3. The van der Waals surface area contributed by atoms with Gasteiger partial charge < -0.3 is 4.90 Å². The molecule has 6 aromatic rings. The van der Waals surface area contributed by atoms with Crippen LogP contribution in [0.15, 0.2) is 169 Å². The van der Waals surface area contributed by atoms with Crippen molar-refractivity contribution >= 4 is 11.4 Å². The summed E-state index contributed by atoms with van der Waals surface area (Å²) in [4.78, 5) is 2.48. The maximum Gasteiger partial charge on any atom is 0.0716 e. The van der Waals surface area contributed by atoms with Gasteiger partial charge in [-0.1, -0.05) is 175 Å². The summed E-state index contributed by atoms with van der Waals surface area (Å²) in [6.07, 6.45) is 6.55. The zero-order chi connectivity index (χ0) is 36.5. The number of nitrogens with zero attached hydrogens (tertiary/aromatic N) is 1. The lowest BCUT2D eigenvalue weighted by Gasteiger charge is -2.37. The molecule has 260 valence electrons. The Bertz CT molecular complexity index is 2250. The molecule has 0 spiro atoms. The molecule has 1 atom stereocenters. The third-order valence-electron chi connectivity index (χ3n) is 11.0. The number of benzene rings is 6. The fraction of sp³-hybridized carbons (Fsp3) is 0.216. The summed E-state index contributed by atoms with van der Waals surface area (Å²) in [6.45, 7) is 15.6. The van der Waals surface area contributed by atoms with Crippen LogP contribution in [0.25, 0.3) is 22.3 Å². The van der Waals surface area contributed by atoms with Gasteiger partial charge in [-0.2, -0.15) is 0 Å². The van der Waals surface area contributed by atoms with Crippen molar-refractivity contribution in [1.29, 1.82) is 0 Å². The van der Waals surface area contributed by atoms with E-state index < -0.39 is 5.41 Å². The molecule has 0 saturated carbocycles. The molecule has 2 aliphatic rings. The van der Waals surface area contributed by atoms with Crippen molar-refractivity contribution in [3.63, 3.8) is 0 Å². The van der Waals surface area contributed by atoms with Crippen LogP contribution in [0.4, 0.5) is 11.4 Å². The number of allylic oxidation sites excluding steroid dienone is 3. The molecule has 0 bridgehead atoms. The highest BCUT2D eigenvalue weighted by atomic mass is 15.1. The summed E-state index contributed by atoms with van der Waals surface area (Å²) in [5, 5.41) is 0. The molecule has 1 nitrogen and oxygen atoms in total. The first kappa shape index (κ1) is 35.0. The van der Waals surface area contributed by atoms with E-state index in [2.05, 4.69) is 197 Å². The maximum absolute atomic E-state index is 2.49. The number of para-hydroxylation sites is 1. The van der Waals surface area contributed by atoms with Crippen LogP contribution in [0, 0.1) is 12.3 Å². The molecular formula is C51H51N. The SMILES string of the molecule is CC.CCc1c(-c2ccccc2)ccc2c1-c1ccccc1C2(c1ccccc1)c1cc(N(C2=CC=C(C(C)(C)C)C2)c2ccccc2)ccc1C. The zero-order valence-corrected chi connectivity index (χ0v) is 31.9. The Kier molecular flexibility index (Phi) is 9.64. The Hall–Kier alpha value is -5.40. The molecule has 0 radical (unpaired) electrons. The van der Waals surface area contributed by atoms with Gasteiger partial charge >= 0.3 is 0 Å². The van der Waals surface area contributed by atoms with Crippen molar-refractivity contribution < 1.29 is 0 Å². The average Bonchev–Trinajstić information content (AvgIpc) is 3.80. The summed E-state index contributed by atoms with van der Waals surface area (Å²) < 4.78 is 0. The molecule has 6 aromatic carbocycles. The lowest BCUT2D eigenvalue weighted by Crippen LogP contribution is -2.30. The van der Waals surface area contributed by atoms with Crippen LogP contribution in [-0.4, -0.2) is 0 Å². The second-order valence-electron chi connectivity index (χ2n) is 14.8. The number of aryl methyl sites for hydroxylation is 1. The first-order valence-corrected chi connectivity index (χ1v) is 19.1. The highest BCUT2D eigenvalue weighted by Crippen LogP contribution is 2.59. The van der Waals surface area contributed by atoms with Crippen LogP contribution >= 0.6 is 0 Å². The average molecular weight is 678 g/mol. The molecule has 0 aliphatic heterocycles. The number of anilines is 2. The van der Waals surface area contributed by atoms with E-state index in [4.69, 9.17) is 0 Å². The minimum Gasteiger partial charge on any atom is -0.314 e. The number of rotatable bonds is 7. The van der Waals surface area contributed by atoms with Gasteiger partial charge in [-0.15, -0.1) is 0 Å². The van der Waals surface area contributed by atoms with Crippen molar-refractivity contribution in [3.05, 3.63) is 202 Å². The summed E-state index contributed by atoms with van der Waals surface area (Å²) in [7, 11) is 0. The van der Waals surface area contributed by atoms with Crippen molar-refractivity contribution in [2.24, 2.45) is 5.41 Å². The molecule has 0 amide bonds. The number of hydrogen-bond donors (Lipinski definition) is 0. The molecule has 1 heteroatoms. The zero-order valence-electron chi connectivity index (χ0n) is 31.9. The van der Waals surface area contributed by atoms with E-state index in [-0.39, 0.29) is 5.41 Å². The van der Waals surface area contributed by atoms with E-state index >= 15 is 0 Å². The Balaban J connectivity index is 0.00000207. The molecule has 1 unspecified atom stereocenters. The van der Waals surface area contributed by atoms with Gasteiger partial charge in [0.1, 0.15) is 0 Å². The minimum absolute atomic E-state index is 0.114. The predicted molar refractivity (Wildman–Crippen MR) is 223 cm³/mol. The van der Waals surface area contributed by atoms with Gasteiger partial charge in [-0.25, -0.2) is 0 Å². The van der Waals surface area contributed by atoms with Crippen molar-refractivity contribution in [1.82, 2.24) is 0 Å². The largest absolute Gasteiger partial charge is 0.314 e. The second-order valence-corrected chi connectivity index (χ2v) is 14.8. The summed E-state index contributed by atoms with van der Waals surface area (Å²) in [5.41, 5.74) is 18.1. The van der Waals surface area contributed by atoms with Crippen LogP contribution in [-0.2, 0) is 11.8 Å². The van der Waals surface area contributed by atoms with Gasteiger partial charge in [0.15, 0.2) is 0 Å². The lowest BCUT2D eigenvalue weighted by atomic mass is 9.66. The summed E-state index contributed by atoms with van der Waals surface area (Å²) in [6, 6.07) is 54.1. The smallest absolute Gasteiger partial charge is 0.0716 e. The first-order valence-electron chi connectivity index (χ1n) is 19.1. The highest BCUT2D eigenvalue weighted by Gasteiger charge is 2.48. The van der Waals surface area contributed by atoms with Gasteiger partial charge in [0.2, 0.25) is 0 Å². The van der Waals surface area contributed by atoms with E-state index in [9.17, 15) is 0 Å². The van der Waals surface area contributed by atoms with Crippen LogP contribution in [0.2, 0.25) is 0 Å². The van der Waals surface area contributed by atoms with Gasteiger partial charge in [-0.3, -0.25) is 0 Å². The van der Waals surface area contributed by atoms with Crippen molar-refractivity contribution in [2.75, 3.05) is 4.90 Å². The molecule has 0 saturated heterocycles. The topological polar surface area (TPSA) is 3.24 Å². The van der Waals surface area contributed by atoms with Gasteiger partial charge in [-0.05, 0) is 105 Å². The quantitative estimate of drug-likeness (QED) is 0.162. The normalized spacial score (nSPS) is 15.9. The van der Waals surface area contributed by atoms with Crippen molar-refractivity contribution in [3.8, 4) is 22.3 Å². The fourth-order valence-corrected chi connectivity index (χ4v) is 8.53. The van der Waals surface area contributed by atoms with E-state index in [0.29, 0.717) is 0 Å². The first-order chi connectivity index (χ1) is 25.3. The van der Waals surface area contributed by atoms with Gasteiger partial charge in [0.25, 0.3) is 0 Å². The van der Waals surface area contributed by atoms with Crippen LogP contribution in [0.5, 0.6) is 0 Å². The predicted octanol–water partition coefficient (Wildman–Crippen LogP) is 14.0. The Morgan fingerprint density at radius 2 is 1.23 bits per heavy atom. The second kappa shape index (κ2) is 14.3. The Labute approximate surface area is 312 Å². The highest BCUT2D eigenvalue weighted by molar-refractivity contribution is 5.92.